The lowest BCUT2D eigenvalue weighted by Crippen LogP contribution is -2.30. The van der Waals surface area contributed by atoms with Crippen molar-refractivity contribution in [3.8, 4) is 0 Å². The molecule has 6 nitrogen and oxygen atoms in total. The van der Waals surface area contributed by atoms with Crippen LogP contribution in [0.1, 0.15) is 297 Å². The van der Waals surface area contributed by atoms with E-state index in [2.05, 4.69) is 69.4 Å². The number of hydrogen-bond acceptors (Lipinski definition) is 6. The van der Waals surface area contributed by atoms with Crippen LogP contribution in [0.5, 0.6) is 0 Å². The second-order valence-corrected chi connectivity index (χ2v) is 19.2. The Morgan fingerprint density at radius 3 is 0.955 bits per heavy atom. The minimum absolute atomic E-state index is 0.0793. The second kappa shape index (κ2) is 55.0. The van der Waals surface area contributed by atoms with E-state index in [4.69, 9.17) is 14.2 Å². The molecule has 0 aliphatic carbocycles. The lowest BCUT2D eigenvalue weighted by Gasteiger charge is -2.18. The molecular weight excluding hydrogens is 817 g/mol. The van der Waals surface area contributed by atoms with Crippen LogP contribution in [-0.2, 0) is 28.6 Å². The average molecular weight is 926 g/mol. The van der Waals surface area contributed by atoms with Gasteiger partial charge in [-0.25, -0.2) is 0 Å². The first-order valence-corrected chi connectivity index (χ1v) is 28.7. The van der Waals surface area contributed by atoms with Gasteiger partial charge in [-0.2, -0.15) is 0 Å². The van der Waals surface area contributed by atoms with E-state index in [1.54, 1.807) is 0 Å². The second-order valence-electron chi connectivity index (χ2n) is 19.2. The van der Waals surface area contributed by atoms with Crippen LogP contribution < -0.4 is 0 Å². The van der Waals surface area contributed by atoms with Crippen molar-refractivity contribution in [2.75, 3.05) is 13.2 Å². The van der Waals surface area contributed by atoms with Gasteiger partial charge in [-0.1, -0.05) is 262 Å². The zero-order valence-corrected chi connectivity index (χ0v) is 44.0. The molecule has 0 heterocycles. The Balaban J connectivity index is 4.34. The fourth-order valence-electron chi connectivity index (χ4n) is 8.32. The summed E-state index contributed by atoms with van der Waals surface area (Å²) >= 11 is 0. The molecule has 0 aliphatic rings. The Kier molecular flexibility index (Phi) is 52.8. The van der Waals surface area contributed by atoms with Crippen molar-refractivity contribution in [1.29, 1.82) is 0 Å². The molecule has 0 aromatic carbocycles. The maximum atomic E-state index is 12.8. The molecule has 0 aromatic heterocycles. The van der Waals surface area contributed by atoms with E-state index in [9.17, 15) is 14.4 Å². The third-order valence-electron chi connectivity index (χ3n) is 12.6. The summed E-state index contributed by atoms with van der Waals surface area (Å²) in [5.41, 5.74) is 0. The van der Waals surface area contributed by atoms with E-state index in [1.165, 1.54) is 173 Å². The fraction of sp³-hybridized carbons (Fsp3) is 0.817. The first-order valence-electron chi connectivity index (χ1n) is 28.7. The van der Waals surface area contributed by atoms with E-state index < -0.39 is 6.10 Å². The first kappa shape index (κ1) is 63.4. The molecule has 0 rings (SSSR count). The fourth-order valence-corrected chi connectivity index (χ4v) is 8.32. The summed E-state index contributed by atoms with van der Waals surface area (Å²) in [4.78, 5) is 38.1. The largest absolute Gasteiger partial charge is 0.462 e. The van der Waals surface area contributed by atoms with Gasteiger partial charge in [0.15, 0.2) is 6.10 Å². The van der Waals surface area contributed by atoms with Gasteiger partial charge >= 0.3 is 17.9 Å². The molecule has 384 valence electrons. The maximum Gasteiger partial charge on any atom is 0.306 e. The number of carbonyl (C=O) groups is 3. The highest BCUT2D eigenvalue weighted by molar-refractivity contribution is 5.71. The Bertz CT molecular complexity index is 1150. The molecule has 1 atom stereocenters. The molecule has 0 N–H and O–H groups in total. The van der Waals surface area contributed by atoms with Crippen LogP contribution in [0.4, 0.5) is 0 Å². The van der Waals surface area contributed by atoms with Crippen LogP contribution in [0.2, 0.25) is 0 Å². The molecule has 0 fully saturated rings. The van der Waals surface area contributed by atoms with E-state index in [1.807, 2.05) is 0 Å². The zero-order valence-electron chi connectivity index (χ0n) is 44.0. The summed E-state index contributed by atoms with van der Waals surface area (Å²) < 4.78 is 16.8. The molecule has 0 bridgehead atoms. The van der Waals surface area contributed by atoms with Gasteiger partial charge in [-0.15, -0.1) is 0 Å². The Labute approximate surface area is 409 Å². The molecule has 0 aliphatic heterocycles. The van der Waals surface area contributed by atoms with Crippen LogP contribution in [0, 0.1) is 0 Å². The van der Waals surface area contributed by atoms with Gasteiger partial charge in [0, 0.05) is 19.3 Å². The number of ether oxygens (including phenoxy) is 3. The van der Waals surface area contributed by atoms with Crippen molar-refractivity contribution >= 4 is 17.9 Å². The zero-order chi connectivity index (χ0) is 47.9. The number of unbranched alkanes of at least 4 members (excludes halogenated alkanes) is 35. The number of esters is 3. The van der Waals surface area contributed by atoms with Crippen LogP contribution in [0.15, 0.2) is 48.6 Å². The lowest BCUT2D eigenvalue weighted by molar-refractivity contribution is -0.167. The molecule has 6 heteroatoms. The summed E-state index contributed by atoms with van der Waals surface area (Å²) in [5, 5.41) is 0. The normalized spacial score (nSPS) is 12.3. The summed E-state index contributed by atoms with van der Waals surface area (Å²) in [7, 11) is 0. The highest BCUT2D eigenvalue weighted by Crippen LogP contribution is 2.16. The average Bonchev–Trinajstić information content (AvgIpc) is 3.31. The number of rotatable bonds is 52. The minimum atomic E-state index is -0.781. The van der Waals surface area contributed by atoms with Gasteiger partial charge in [-0.3, -0.25) is 14.4 Å². The topological polar surface area (TPSA) is 78.9 Å². The summed E-state index contributed by atoms with van der Waals surface area (Å²) in [6.07, 6.45) is 66.7. The van der Waals surface area contributed by atoms with E-state index in [-0.39, 0.29) is 31.1 Å². The number of allylic oxidation sites excluding steroid dienone is 8. The van der Waals surface area contributed by atoms with Crippen molar-refractivity contribution in [2.45, 2.75) is 303 Å². The predicted octanol–water partition coefficient (Wildman–Crippen LogP) is 19.0. The van der Waals surface area contributed by atoms with Crippen LogP contribution >= 0.6 is 0 Å². The standard InChI is InChI=1S/C60H108O6/c1-4-7-10-13-16-19-22-25-27-29-30-31-33-35-38-41-44-47-50-53-59(62)65-56-57(55-64-58(61)52-49-46-43-40-37-34-24-21-18-15-12-9-6-3)66-60(63)54-51-48-45-42-39-36-32-28-26-23-20-17-14-11-8-5-2/h9,12,15,18,21,24,29-30,57H,4-8,10-11,13-14,16-17,19-20,22-23,25-28,31-56H2,1-3H3/b12-9+,18-15+,24-21+,30-29+. The quantitative estimate of drug-likeness (QED) is 0.0199. The SMILES string of the molecule is CC/C=C/C=C/C=C/CCCCCCCC(=O)OCC(COC(=O)CCCCCCCCC/C=C/CCCCCCCCCC)OC(=O)CCCCCCCCCCCCCCCCCC. The summed E-state index contributed by atoms with van der Waals surface area (Å²) in [5.74, 6) is -0.890. The van der Waals surface area contributed by atoms with Gasteiger partial charge in [-0.05, 0) is 64.2 Å². The predicted molar refractivity (Wildman–Crippen MR) is 284 cm³/mol. The molecule has 0 amide bonds. The van der Waals surface area contributed by atoms with Crippen molar-refractivity contribution in [1.82, 2.24) is 0 Å². The third kappa shape index (κ3) is 52.3. The monoisotopic (exact) mass is 925 g/mol. The molecule has 1 unspecified atom stereocenters. The van der Waals surface area contributed by atoms with Crippen molar-refractivity contribution in [3.63, 3.8) is 0 Å². The number of carbonyl (C=O) groups excluding carboxylic acids is 3. The Morgan fingerprint density at radius 2 is 0.606 bits per heavy atom. The molecule has 0 aromatic rings. The molecule has 0 saturated heterocycles. The van der Waals surface area contributed by atoms with E-state index >= 15 is 0 Å². The van der Waals surface area contributed by atoms with Gasteiger partial charge in [0.2, 0.25) is 0 Å². The van der Waals surface area contributed by atoms with E-state index in [0.717, 1.165) is 83.5 Å². The summed E-state index contributed by atoms with van der Waals surface area (Å²) in [6.45, 7) is 6.52. The highest BCUT2D eigenvalue weighted by Gasteiger charge is 2.19. The minimum Gasteiger partial charge on any atom is -0.462 e. The third-order valence-corrected chi connectivity index (χ3v) is 12.6. The van der Waals surface area contributed by atoms with Crippen LogP contribution in [0.3, 0.4) is 0 Å². The molecule has 0 spiro atoms. The Morgan fingerprint density at radius 1 is 0.318 bits per heavy atom. The van der Waals surface area contributed by atoms with Crippen LogP contribution in [-0.4, -0.2) is 37.2 Å². The smallest absolute Gasteiger partial charge is 0.306 e. The first-order chi connectivity index (χ1) is 32.5. The van der Waals surface area contributed by atoms with Gasteiger partial charge in [0.25, 0.3) is 0 Å². The van der Waals surface area contributed by atoms with Crippen LogP contribution in [0.25, 0.3) is 0 Å². The number of hydrogen-bond donors (Lipinski definition) is 0. The molecule has 66 heavy (non-hydrogen) atoms. The highest BCUT2D eigenvalue weighted by atomic mass is 16.6. The lowest BCUT2D eigenvalue weighted by atomic mass is 10.0. The molecule has 0 radical (unpaired) electrons. The van der Waals surface area contributed by atoms with Crippen molar-refractivity contribution in [3.05, 3.63) is 48.6 Å². The molecular formula is C60H108O6. The van der Waals surface area contributed by atoms with Crippen molar-refractivity contribution < 1.29 is 28.6 Å². The summed E-state index contributed by atoms with van der Waals surface area (Å²) in [6, 6.07) is 0. The van der Waals surface area contributed by atoms with Gasteiger partial charge in [0.05, 0.1) is 0 Å². The molecule has 0 saturated carbocycles. The van der Waals surface area contributed by atoms with E-state index in [0.29, 0.717) is 19.3 Å². The van der Waals surface area contributed by atoms with Gasteiger partial charge < -0.3 is 14.2 Å². The van der Waals surface area contributed by atoms with Gasteiger partial charge in [0.1, 0.15) is 13.2 Å². The van der Waals surface area contributed by atoms with Crippen molar-refractivity contribution in [2.24, 2.45) is 0 Å². The maximum absolute atomic E-state index is 12.8. The Hall–Kier alpha value is -2.63.